The molecule has 2 aliphatic carbocycles. The van der Waals surface area contributed by atoms with Crippen LogP contribution >= 0.6 is 0 Å². The minimum absolute atomic E-state index is 0. The van der Waals surface area contributed by atoms with Crippen LogP contribution in [0.2, 0.25) is 36.4 Å². The molecule has 1 N–H and O–H groups in total. The van der Waals surface area contributed by atoms with E-state index in [0.717, 1.165) is 15.5 Å². The Morgan fingerprint density at radius 2 is 1.65 bits per heavy atom. The molecule has 0 amide bonds. The van der Waals surface area contributed by atoms with Crippen LogP contribution in [0.15, 0.2) is 24.3 Å². The quantitative estimate of drug-likeness (QED) is 0.521. The van der Waals surface area contributed by atoms with E-state index in [2.05, 4.69) is 60.0 Å². The summed E-state index contributed by atoms with van der Waals surface area (Å²) in [5.41, 5.74) is -0.0760. The van der Waals surface area contributed by atoms with E-state index in [1.807, 2.05) is 0 Å². The Balaban J connectivity index is 0.00000180. The number of allylic oxidation sites excluding steroid dienone is 4. The van der Waals surface area contributed by atoms with Crippen molar-refractivity contribution in [3.8, 4) is 0 Å². The van der Waals surface area contributed by atoms with Gasteiger partial charge in [-0.2, -0.15) is 0 Å². The number of hydrogen-bond acceptors (Lipinski definition) is 1. The molecule has 3 atom stereocenters. The van der Waals surface area contributed by atoms with Gasteiger partial charge in [0, 0.05) is 0 Å². The van der Waals surface area contributed by atoms with E-state index in [0.29, 0.717) is 0 Å². The smallest absolute Gasteiger partial charge is 1.00 e. The van der Waals surface area contributed by atoms with Crippen molar-refractivity contribution in [1.82, 2.24) is 2.93 Å². The van der Waals surface area contributed by atoms with Crippen molar-refractivity contribution in [3.63, 3.8) is 0 Å². The van der Waals surface area contributed by atoms with Crippen LogP contribution in [0.5, 0.6) is 0 Å². The summed E-state index contributed by atoms with van der Waals surface area (Å²) in [6.45, 7) is 12.6. The molecule has 2 aliphatic rings. The molecule has 2 rings (SSSR count). The van der Waals surface area contributed by atoms with Gasteiger partial charge in [-0.25, -0.2) is 0 Å². The van der Waals surface area contributed by atoms with Gasteiger partial charge >= 0.3 is 123 Å². The molecular weight excluding hydrogens is 400 g/mol. The first kappa shape index (κ1) is 21.3. The van der Waals surface area contributed by atoms with Crippen LogP contribution in [0, 0.1) is 11.8 Å². The Kier molecular flexibility index (Phi) is 9.43. The minimum Gasteiger partial charge on any atom is -1.00 e. The molecular formula is C14H27Cl2NSi2Zr. The van der Waals surface area contributed by atoms with Gasteiger partial charge in [0.1, 0.15) is 0 Å². The van der Waals surface area contributed by atoms with Gasteiger partial charge in [0.25, 0.3) is 0 Å². The van der Waals surface area contributed by atoms with Crippen LogP contribution < -0.4 is 27.7 Å². The van der Waals surface area contributed by atoms with Gasteiger partial charge in [-0.3, -0.25) is 0 Å². The molecule has 0 aromatic carbocycles. The second kappa shape index (κ2) is 8.84. The van der Waals surface area contributed by atoms with Gasteiger partial charge in [-0.05, 0) is 0 Å². The van der Waals surface area contributed by atoms with Crippen molar-refractivity contribution >= 4 is 13.7 Å². The van der Waals surface area contributed by atoms with Crippen LogP contribution in [-0.4, -0.2) is 13.7 Å². The van der Waals surface area contributed by atoms with Gasteiger partial charge < -0.3 is 24.8 Å². The average molecular weight is 428 g/mol. The first-order valence-corrected chi connectivity index (χ1v) is 19.5. The predicted molar refractivity (Wildman–Crippen MR) is 82.2 cm³/mol. The normalized spacial score (nSPS) is 26.9. The van der Waals surface area contributed by atoms with E-state index in [9.17, 15) is 0 Å². The molecule has 1 nitrogen and oxygen atoms in total. The van der Waals surface area contributed by atoms with Crippen LogP contribution in [0.1, 0.15) is 12.8 Å². The largest absolute Gasteiger partial charge is 1.00 e. The van der Waals surface area contributed by atoms with Gasteiger partial charge in [0.2, 0.25) is 0 Å². The Labute approximate surface area is 146 Å². The van der Waals surface area contributed by atoms with Gasteiger partial charge in [0.15, 0.2) is 0 Å². The zero-order chi connectivity index (χ0) is 13.3. The van der Waals surface area contributed by atoms with Gasteiger partial charge in [-0.1, -0.05) is 0 Å². The van der Waals surface area contributed by atoms with Crippen molar-refractivity contribution in [2.45, 2.75) is 49.2 Å². The van der Waals surface area contributed by atoms with Crippen LogP contribution in [0.25, 0.3) is 0 Å². The van der Waals surface area contributed by atoms with E-state index in [1.165, 1.54) is 12.8 Å². The maximum atomic E-state index is 4.25. The van der Waals surface area contributed by atoms with Crippen molar-refractivity contribution in [3.05, 3.63) is 24.3 Å². The summed E-state index contributed by atoms with van der Waals surface area (Å²) in [7, 11) is -1.09. The van der Waals surface area contributed by atoms with E-state index < -0.39 is 28.9 Å². The molecule has 0 aromatic heterocycles. The Hall–Kier alpha value is 1.34. The molecule has 3 unspecified atom stereocenters. The maximum absolute atomic E-state index is 4.25. The summed E-state index contributed by atoms with van der Waals surface area (Å²) in [6, 6.07) is 0. The minimum atomic E-state index is -1.39. The third-order valence-corrected chi connectivity index (χ3v) is 29.4. The zero-order valence-electron chi connectivity index (χ0n) is 13.2. The first-order valence-electron chi connectivity index (χ1n) is 7.19. The summed E-state index contributed by atoms with van der Waals surface area (Å²) in [6.07, 6.45) is 12.5. The summed E-state index contributed by atoms with van der Waals surface area (Å²) in [4.78, 5) is 0. The molecule has 6 heteroatoms. The fourth-order valence-corrected chi connectivity index (χ4v) is 35.9. The molecule has 0 radical (unpaired) electrons. The number of halogens is 2. The summed E-state index contributed by atoms with van der Waals surface area (Å²) in [5, 5.41) is 0. The van der Waals surface area contributed by atoms with Crippen LogP contribution in [0.3, 0.4) is 0 Å². The monoisotopic (exact) mass is 425 g/mol. The van der Waals surface area contributed by atoms with Gasteiger partial charge in [-0.15, -0.1) is 0 Å². The van der Waals surface area contributed by atoms with Crippen molar-refractivity contribution in [2.75, 3.05) is 0 Å². The van der Waals surface area contributed by atoms with Gasteiger partial charge in [0.05, 0.1) is 0 Å². The molecule has 20 heavy (non-hydrogen) atoms. The summed E-state index contributed by atoms with van der Waals surface area (Å²) in [5.74, 6) is 1.77. The van der Waals surface area contributed by atoms with E-state index in [-0.39, 0.29) is 30.2 Å². The van der Waals surface area contributed by atoms with Crippen molar-refractivity contribution in [1.29, 1.82) is 0 Å². The van der Waals surface area contributed by atoms with Crippen molar-refractivity contribution < 1.29 is 45.5 Å². The molecule has 0 aromatic rings. The SMILES string of the molecule is C[Si](C)=[Zr+2]([NH][Si](C)(C)C)[CH]1CCC2C=CC=CC21.[Cl-].[Cl-]. The molecule has 1 fully saturated rings. The molecule has 0 bridgehead atoms. The van der Waals surface area contributed by atoms with Crippen molar-refractivity contribution in [2.24, 2.45) is 11.8 Å². The zero-order valence-corrected chi connectivity index (χ0v) is 19.2. The first-order chi connectivity index (χ1) is 8.38. The molecule has 0 heterocycles. The summed E-state index contributed by atoms with van der Waals surface area (Å²) < 4.78 is 5.33. The Bertz CT molecular complexity index is 412. The third kappa shape index (κ3) is 5.51. The molecule has 0 aliphatic heterocycles. The average Bonchev–Trinajstić information content (AvgIpc) is 2.68. The third-order valence-electron chi connectivity index (χ3n) is 3.99. The fourth-order valence-electron chi connectivity index (χ4n) is 3.29. The molecule has 1 saturated carbocycles. The molecule has 0 spiro atoms. The number of nitrogens with one attached hydrogen (secondary N) is 1. The Morgan fingerprint density at radius 3 is 2.20 bits per heavy atom. The predicted octanol–water partition coefficient (Wildman–Crippen LogP) is -1.86. The summed E-state index contributed by atoms with van der Waals surface area (Å²) >= 11 is -1.39. The second-order valence-electron chi connectivity index (χ2n) is 6.98. The fraction of sp³-hybridized carbons (Fsp3) is 0.714. The second-order valence-corrected chi connectivity index (χ2v) is 30.0. The number of hydrogen-bond donors (Lipinski definition) is 1. The van der Waals surface area contributed by atoms with E-state index in [4.69, 9.17) is 0 Å². The van der Waals surface area contributed by atoms with Crippen LogP contribution in [0.4, 0.5) is 0 Å². The van der Waals surface area contributed by atoms with Crippen LogP contribution in [-0.2, 0) is 20.7 Å². The standard InChI is InChI=1S/C9H11.C3H10NSi.C2H6Si.2ClH.Zr/c1-2-5-9-7-3-6-8(9)4-1;1-5(2,3)4;1-3-2;;;/h1-2,4-6,8-9H,3,7H2;4H,1-3H3;1-2H3;2*1H;/q;-1;;;;+3/p-2. The maximum Gasteiger partial charge on any atom is -1.00 e. The topological polar surface area (TPSA) is 12.0 Å². The molecule has 114 valence electrons. The van der Waals surface area contributed by atoms with E-state index in [1.54, 1.807) is 0 Å². The number of rotatable bonds is 3. The number of fused-ring (bicyclic) bond motifs is 1. The molecule has 0 saturated heterocycles. The Morgan fingerprint density at radius 1 is 1.05 bits per heavy atom. The van der Waals surface area contributed by atoms with E-state index >= 15 is 0 Å².